The summed E-state index contributed by atoms with van der Waals surface area (Å²) in [5.41, 5.74) is 0.466. The molecule has 0 aromatic heterocycles. The van der Waals surface area contributed by atoms with Crippen molar-refractivity contribution in [2.75, 3.05) is 6.54 Å². The van der Waals surface area contributed by atoms with Gasteiger partial charge in [-0.3, -0.25) is 4.79 Å². The second-order valence-electron chi connectivity index (χ2n) is 4.94. The third-order valence-corrected chi connectivity index (χ3v) is 7.02. The van der Waals surface area contributed by atoms with E-state index in [1.165, 1.54) is 12.1 Å². The molecule has 1 heterocycles. The summed E-state index contributed by atoms with van der Waals surface area (Å²) in [5, 5.41) is 9.95. The van der Waals surface area contributed by atoms with Crippen molar-refractivity contribution >= 4 is 55.1 Å². The molecule has 2 rings (SSSR count). The molecule has 0 amide bonds. The van der Waals surface area contributed by atoms with Crippen molar-refractivity contribution in [3.63, 3.8) is 0 Å². The molecular formula is C13H14BrCl2NO4S. The number of aliphatic carboxylic acids is 1. The van der Waals surface area contributed by atoms with Crippen LogP contribution >= 0.6 is 39.1 Å². The zero-order valence-electron chi connectivity index (χ0n) is 11.4. The number of carboxylic acids is 1. The van der Waals surface area contributed by atoms with E-state index in [4.69, 9.17) is 23.2 Å². The van der Waals surface area contributed by atoms with Gasteiger partial charge in [0.05, 0.1) is 5.02 Å². The van der Waals surface area contributed by atoms with Crippen LogP contribution in [-0.2, 0) is 20.1 Å². The average Bonchev–Trinajstić information content (AvgIpc) is 2.47. The SMILES string of the molecule is O=C(O)[C@@H]1CCCCN1S(=O)(=O)c1ccc(Cl)c(CBr)c1Cl. The lowest BCUT2D eigenvalue weighted by atomic mass is 10.1. The average molecular weight is 431 g/mol. The summed E-state index contributed by atoms with van der Waals surface area (Å²) in [6.45, 7) is 0.169. The maximum atomic E-state index is 12.8. The van der Waals surface area contributed by atoms with Gasteiger partial charge in [-0.25, -0.2) is 8.42 Å². The van der Waals surface area contributed by atoms with Crippen molar-refractivity contribution in [1.29, 1.82) is 0 Å². The fourth-order valence-electron chi connectivity index (χ4n) is 2.46. The quantitative estimate of drug-likeness (QED) is 0.741. The maximum Gasteiger partial charge on any atom is 0.322 e. The molecule has 0 radical (unpaired) electrons. The first-order valence-corrected chi connectivity index (χ1v) is 9.90. The first kappa shape index (κ1) is 18.0. The van der Waals surface area contributed by atoms with Crippen molar-refractivity contribution in [2.45, 2.75) is 35.5 Å². The number of carbonyl (C=O) groups is 1. The van der Waals surface area contributed by atoms with Gasteiger partial charge in [0.25, 0.3) is 0 Å². The summed E-state index contributed by atoms with van der Waals surface area (Å²) < 4.78 is 26.7. The normalized spacial score (nSPS) is 20.0. The number of benzene rings is 1. The molecule has 0 saturated carbocycles. The third kappa shape index (κ3) is 3.28. The Hall–Kier alpha value is -0.340. The molecular weight excluding hydrogens is 417 g/mol. The fourth-order valence-corrected chi connectivity index (χ4v) is 5.91. The van der Waals surface area contributed by atoms with Gasteiger partial charge < -0.3 is 5.11 Å². The van der Waals surface area contributed by atoms with Gasteiger partial charge in [-0.1, -0.05) is 39.1 Å². The highest BCUT2D eigenvalue weighted by Crippen LogP contribution is 2.35. The minimum Gasteiger partial charge on any atom is -0.480 e. The molecule has 1 aromatic rings. The molecule has 1 saturated heterocycles. The number of hydrogen-bond donors (Lipinski definition) is 1. The topological polar surface area (TPSA) is 74.7 Å². The van der Waals surface area contributed by atoms with Gasteiger partial charge in [0.15, 0.2) is 0 Å². The first-order valence-electron chi connectivity index (χ1n) is 6.58. The van der Waals surface area contributed by atoms with Crippen molar-refractivity contribution in [2.24, 2.45) is 0 Å². The molecule has 1 N–H and O–H groups in total. The predicted octanol–water partition coefficient (Wildman–Crippen LogP) is 3.52. The minimum absolute atomic E-state index is 0.0269. The Morgan fingerprint density at radius 2 is 2.05 bits per heavy atom. The second kappa shape index (κ2) is 7.05. The van der Waals surface area contributed by atoms with E-state index in [-0.39, 0.29) is 16.5 Å². The molecule has 122 valence electrons. The second-order valence-corrected chi connectivity index (χ2v) is 8.14. The van der Waals surface area contributed by atoms with Gasteiger partial charge in [-0.15, -0.1) is 0 Å². The summed E-state index contributed by atoms with van der Waals surface area (Å²) in [5.74, 6) is -1.14. The van der Waals surface area contributed by atoms with Crippen LogP contribution < -0.4 is 0 Å². The molecule has 1 aliphatic rings. The minimum atomic E-state index is -4.00. The lowest BCUT2D eigenvalue weighted by molar-refractivity contribution is -0.142. The molecule has 22 heavy (non-hydrogen) atoms. The largest absolute Gasteiger partial charge is 0.480 e. The van der Waals surface area contributed by atoms with E-state index < -0.39 is 22.0 Å². The van der Waals surface area contributed by atoms with Crippen molar-refractivity contribution in [3.05, 3.63) is 27.7 Å². The van der Waals surface area contributed by atoms with Crippen LogP contribution in [0.1, 0.15) is 24.8 Å². The standard InChI is InChI=1S/C13H14BrCl2NO4S/c14-7-8-9(15)4-5-11(12(8)16)22(20,21)17-6-2-1-3-10(17)13(18)19/h4-5,10H,1-3,6-7H2,(H,18,19)/t10-/m0/s1. The van der Waals surface area contributed by atoms with E-state index in [9.17, 15) is 18.3 Å². The van der Waals surface area contributed by atoms with Crippen LogP contribution in [0.3, 0.4) is 0 Å². The van der Waals surface area contributed by atoms with Gasteiger partial charge in [-0.05, 0) is 31.4 Å². The van der Waals surface area contributed by atoms with Crippen LogP contribution in [0.4, 0.5) is 0 Å². The summed E-state index contributed by atoms with van der Waals surface area (Å²) in [4.78, 5) is 11.2. The van der Waals surface area contributed by atoms with Gasteiger partial charge in [-0.2, -0.15) is 4.31 Å². The van der Waals surface area contributed by atoms with Crippen molar-refractivity contribution in [1.82, 2.24) is 4.31 Å². The Labute approximate surface area is 147 Å². The number of piperidine rings is 1. The van der Waals surface area contributed by atoms with Crippen LogP contribution in [-0.4, -0.2) is 36.4 Å². The zero-order valence-corrected chi connectivity index (χ0v) is 15.3. The van der Waals surface area contributed by atoms with Gasteiger partial charge in [0.1, 0.15) is 10.9 Å². The van der Waals surface area contributed by atoms with E-state index in [2.05, 4.69) is 15.9 Å². The summed E-state index contributed by atoms with van der Waals surface area (Å²) in [7, 11) is -4.00. The molecule has 0 aliphatic carbocycles. The predicted molar refractivity (Wildman–Crippen MR) is 88.3 cm³/mol. The number of sulfonamides is 1. The van der Waals surface area contributed by atoms with E-state index in [0.717, 1.165) is 4.31 Å². The molecule has 5 nitrogen and oxygen atoms in total. The van der Waals surface area contributed by atoms with Gasteiger partial charge in [0.2, 0.25) is 10.0 Å². The van der Waals surface area contributed by atoms with Crippen LogP contribution in [0.5, 0.6) is 0 Å². The van der Waals surface area contributed by atoms with E-state index in [1.54, 1.807) is 0 Å². The van der Waals surface area contributed by atoms with Crippen LogP contribution in [0.15, 0.2) is 17.0 Å². The Morgan fingerprint density at radius 1 is 1.36 bits per heavy atom. The van der Waals surface area contributed by atoms with Crippen molar-refractivity contribution < 1.29 is 18.3 Å². The number of nitrogens with zero attached hydrogens (tertiary/aromatic N) is 1. The zero-order chi connectivity index (χ0) is 16.5. The van der Waals surface area contributed by atoms with E-state index in [0.29, 0.717) is 35.2 Å². The summed E-state index contributed by atoms with van der Waals surface area (Å²) >= 11 is 15.4. The van der Waals surface area contributed by atoms with Crippen LogP contribution in [0, 0.1) is 0 Å². The summed E-state index contributed by atoms with van der Waals surface area (Å²) in [6, 6.07) is 1.72. The molecule has 1 atom stereocenters. The maximum absolute atomic E-state index is 12.8. The number of carboxylic acid groups (broad SMARTS) is 1. The lowest BCUT2D eigenvalue weighted by Gasteiger charge is -2.32. The van der Waals surface area contributed by atoms with Gasteiger partial charge in [0, 0.05) is 22.5 Å². The van der Waals surface area contributed by atoms with Crippen LogP contribution in [0.2, 0.25) is 10.0 Å². The highest BCUT2D eigenvalue weighted by molar-refractivity contribution is 9.08. The van der Waals surface area contributed by atoms with Gasteiger partial charge >= 0.3 is 5.97 Å². The van der Waals surface area contributed by atoms with E-state index in [1.807, 2.05) is 0 Å². The number of alkyl halides is 1. The van der Waals surface area contributed by atoms with E-state index >= 15 is 0 Å². The molecule has 1 aliphatic heterocycles. The van der Waals surface area contributed by atoms with Crippen molar-refractivity contribution in [3.8, 4) is 0 Å². The molecule has 0 unspecified atom stereocenters. The Kier molecular flexibility index (Phi) is 5.77. The fraction of sp³-hybridized carbons (Fsp3) is 0.462. The molecule has 0 spiro atoms. The highest BCUT2D eigenvalue weighted by Gasteiger charge is 2.38. The Morgan fingerprint density at radius 3 is 2.64 bits per heavy atom. The first-order chi connectivity index (χ1) is 10.3. The number of halogens is 3. The number of rotatable bonds is 4. The molecule has 9 heteroatoms. The Bertz CT molecular complexity index is 696. The monoisotopic (exact) mass is 429 g/mol. The molecule has 1 fully saturated rings. The molecule has 1 aromatic carbocycles. The Balaban J connectivity index is 2.52. The smallest absolute Gasteiger partial charge is 0.322 e. The lowest BCUT2D eigenvalue weighted by Crippen LogP contribution is -2.47. The molecule has 0 bridgehead atoms. The third-order valence-electron chi connectivity index (χ3n) is 3.61. The number of hydrogen-bond acceptors (Lipinski definition) is 3. The van der Waals surface area contributed by atoms with Crippen LogP contribution in [0.25, 0.3) is 0 Å². The summed E-state index contributed by atoms with van der Waals surface area (Å²) in [6.07, 6.45) is 1.61. The highest BCUT2D eigenvalue weighted by atomic mass is 79.9.